The first-order valence-electron chi connectivity index (χ1n) is 7.21. The summed E-state index contributed by atoms with van der Waals surface area (Å²) in [6.07, 6.45) is 0. The van der Waals surface area contributed by atoms with Crippen molar-refractivity contribution in [1.82, 2.24) is 9.55 Å². The van der Waals surface area contributed by atoms with E-state index >= 15 is 0 Å². The molecule has 2 aromatic heterocycles. The van der Waals surface area contributed by atoms with Gasteiger partial charge in [-0.15, -0.1) is 11.3 Å². The first-order chi connectivity index (χ1) is 9.99. The van der Waals surface area contributed by atoms with Crippen molar-refractivity contribution in [3.8, 4) is 0 Å². The molecule has 0 bridgehead atoms. The van der Waals surface area contributed by atoms with Crippen LogP contribution < -0.4 is 5.73 Å². The van der Waals surface area contributed by atoms with E-state index in [0.717, 1.165) is 22.9 Å². The van der Waals surface area contributed by atoms with Gasteiger partial charge < -0.3 is 10.3 Å². The third kappa shape index (κ3) is 2.74. The van der Waals surface area contributed by atoms with Crippen LogP contribution in [0.3, 0.4) is 0 Å². The summed E-state index contributed by atoms with van der Waals surface area (Å²) >= 11 is 1.73. The van der Waals surface area contributed by atoms with E-state index in [9.17, 15) is 0 Å². The number of aromatic nitrogens is 2. The summed E-state index contributed by atoms with van der Waals surface area (Å²) in [6.45, 7) is 7.93. The molecule has 3 rings (SSSR count). The first kappa shape index (κ1) is 14.3. The minimum absolute atomic E-state index is 0.101. The van der Waals surface area contributed by atoms with E-state index in [1.165, 1.54) is 10.9 Å². The molecule has 0 aliphatic heterocycles. The standard InChI is InChI=1S/C17H21N3S/c1-17(2,3)15-11-21-16(19-15)10-20-13(9-18)8-12-6-4-5-7-14(12)20/h4-8,11H,9-10,18H2,1-3H3. The molecule has 0 saturated carbocycles. The topological polar surface area (TPSA) is 43.8 Å². The van der Waals surface area contributed by atoms with Gasteiger partial charge in [-0.3, -0.25) is 0 Å². The number of para-hydroxylation sites is 1. The van der Waals surface area contributed by atoms with E-state index in [-0.39, 0.29) is 5.41 Å². The van der Waals surface area contributed by atoms with Gasteiger partial charge in [0, 0.05) is 28.6 Å². The largest absolute Gasteiger partial charge is 0.336 e. The molecule has 0 amide bonds. The van der Waals surface area contributed by atoms with E-state index in [0.29, 0.717) is 6.54 Å². The van der Waals surface area contributed by atoms with E-state index in [2.05, 4.69) is 61.1 Å². The van der Waals surface area contributed by atoms with Crippen LogP contribution in [0.2, 0.25) is 0 Å². The molecule has 0 unspecified atom stereocenters. The summed E-state index contributed by atoms with van der Waals surface area (Å²) in [5.41, 5.74) is 9.55. The van der Waals surface area contributed by atoms with Crippen molar-refractivity contribution in [2.45, 2.75) is 39.3 Å². The maximum Gasteiger partial charge on any atom is 0.113 e. The summed E-state index contributed by atoms with van der Waals surface area (Å²) in [5, 5.41) is 4.55. The fourth-order valence-corrected chi connectivity index (χ4v) is 3.50. The number of hydrogen-bond acceptors (Lipinski definition) is 3. The Bertz CT molecular complexity index is 762. The van der Waals surface area contributed by atoms with E-state index in [1.807, 2.05) is 0 Å². The third-order valence-electron chi connectivity index (χ3n) is 3.72. The molecule has 0 saturated heterocycles. The number of nitrogens with two attached hydrogens (primary N) is 1. The zero-order chi connectivity index (χ0) is 15.0. The predicted molar refractivity (Wildman–Crippen MR) is 89.7 cm³/mol. The van der Waals surface area contributed by atoms with Gasteiger partial charge in [0.05, 0.1) is 12.2 Å². The van der Waals surface area contributed by atoms with Gasteiger partial charge in [0.2, 0.25) is 0 Å². The number of benzene rings is 1. The van der Waals surface area contributed by atoms with E-state index in [4.69, 9.17) is 10.7 Å². The van der Waals surface area contributed by atoms with Crippen LogP contribution in [0.1, 0.15) is 37.2 Å². The molecule has 1 aromatic carbocycles. The van der Waals surface area contributed by atoms with Gasteiger partial charge in [-0.1, -0.05) is 39.0 Å². The van der Waals surface area contributed by atoms with Crippen LogP contribution in [0.5, 0.6) is 0 Å². The summed E-state index contributed by atoms with van der Waals surface area (Å²) < 4.78 is 2.28. The van der Waals surface area contributed by atoms with Gasteiger partial charge in [-0.05, 0) is 17.5 Å². The lowest BCUT2D eigenvalue weighted by atomic mass is 9.93. The zero-order valence-corrected chi connectivity index (χ0v) is 13.6. The van der Waals surface area contributed by atoms with Gasteiger partial charge in [0.25, 0.3) is 0 Å². The molecular weight excluding hydrogens is 278 g/mol. The fourth-order valence-electron chi connectivity index (χ4n) is 2.49. The van der Waals surface area contributed by atoms with Crippen LogP contribution in [0.4, 0.5) is 0 Å². The second-order valence-corrected chi connectivity index (χ2v) is 7.30. The van der Waals surface area contributed by atoms with Gasteiger partial charge in [0.1, 0.15) is 5.01 Å². The molecule has 0 atom stereocenters. The highest BCUT2D eigenvalue weighted by Crippen LogP contribution is 2.26. The first-order valence-corrected chi connectivity index (χ1v) is 8.09. The molecule has 3 aromatic rings. The summed E-state index contributed by atoms with van der Waals surface area (Å²) in [6, 6.07) is 10.6. The van der Waals surface area contributed by atoms with Crippen molar-refractivity contribution in [3.63, 3.8) is 0 Å². The lowest BCUT2D eigenvalue weighted by Gasteiger charge is -2.14. The Morgan fingerprint density at radius 2 is 2.00 bits per heavy atom. The Balaban J connectivity index is 1.99. The van der Waals surface area contributed by atoms with Gasteiger partial charge in [-0.2, -0.15) is 0 Å². The minimum Gasteiger partial charge on any atom is -0.336 e. The van der Waals surface area contributed by atoms with Gasteiger partial charge in [-0.25, -0.2) is 4.98 Å². The number of thiazole rings is 1. The molecule has 4 heteroatoms. The molecule has 0 spiro atoms. The van der Waals surface area contributed by atoms with Crippen molar-refractivity contribution >= 4 is 22.2 Å². The molecule has 0 aliphatic carbocycles. The van der Waals surface area contributed by atoms with Crippen LogP contribution in [0.15, 0.2) is 35.7 Å². The number of rotatable bonds is 3. The maximum atomic E-state index is 5.90. The average Bonchev–Trinajstić information content (AvgIpc) is 3.04. The van der Waals surface area contributed by atoms with Crippen molar-refractivity contribution in [3.05, 3.63) is 52.1 Å². The Morgan fingerprint density at radius 1 is 1.24 bits per heavy atom. The molecule has 3 nitrogen and oxygen atoms in total. The Kier molecular flexibility index (Phi) is 3.59. The maximum absolute atomic E-state index is 5.90. The number of fused-ring (bicyclic) bond motifs is 1. The summed E-state index contributed by atoms with van der Waals surface area (Å²) in [7, 11) is 0. The average molecular weight is 299 g/mol. The Morgan fingerprint density at radius 3 is 2.67 bits per heavy atom. The van der Waals surface area contributed by atoms with Crippen LogP contribution in [0, 0.1) is 0 Å². The summed E-state index contributed by atoms with van der Waals surface area (Å²) in [5.74, 6) is 0. The molecule has 2 heterocycles. The quantitative estimate of drug-likeness (QED) is 0.797. The molecule has 0 fully saturated rings. The SMILES string of the molecule is CC(C)(C)c1csc(Cn2c(CN)cc3ccccc32)n1. The van der Waals surface area contributed by atoms with Crippen LogP contribution in [-0.4, -0.2) is 9.55 Å². The van der Waals surface area contributed by atoms with Crippen LogP contribution in [-0.2, 0) is 18.5 Å². The monoisotopic (exact) mass is 299 g/mol. The van der Waals surface area contributed by atoms with Crippen LogP contribution >= 0.6 is 11.3 Å². The second-order valence-electron chi connectivity index (χ2n) is 6.36. The lowest BCUT2D eigenvalue weighted by molar-refractivity contribution is 0.569. The van der Waals surface area contributed by atoms with E-state index < -0.39 is 0 Å². The molecular formula is C17H21N3S. The molecule has 2 N–H and O–H groups in total. The highest BCUT2D eigenvalue weighted by atomic mass is 32.1. The fraction of sp³-hybridized carbons (Fsp3) is 0.353. The highest BCUT2D eigenvalue weighted by Gasteiger charge is 2.18. The molecule has 0 aliphatic rings. The van der Waals surface area contributed by atoms with Gasteiger partial charge >= 0.3 is 0 Å². The number of nitrogens with zero attached hydrogens (tertiary/aromatic N) is 2. The highest BCUT2D eigenvalue weighted by molar-refractivity contribution is 7.09. The third-order valence-corrected chi connectivity index (χ3v) is 4.55. The molecule has 0 radical (unpaired) electrons. The van der Waals surface area contributed by atoms with E-state index in [1.54, 1.807) is 11.3 Å². The lowest BCUT2D eigenvalue weighted by Crippen LogP contribution is -2.12. The van der Waals surface area contributed by atoms with Crippen molar-refractivity contribution in [2.75, 3.05) is 0 Å². The normalized spacial score (nSPS) is 12.2. The Hall–Kier alpha value is -1.65. The van der Waals surface area contributed by atoms with Crippen molar-refractivity contribution < 1.29 is 0 Å². The summed E-state index contributed by atoms with van der Waals surface area (Å²) in [4.78, 5) is 4.80. The second kappa shape index (κ2) is 5.28. The van der Waals surface area contributed by atoms with Crippen molar-refractivity contribution in [2.24, 2.45) is 5.73 Å². The smallest absolute Gasteiger partial charge is 0.113 e. The molecule has 110 valence electrons. The number of hydrogen-bond donors (Lipinski definition) is 1. The molecule has 21 heavy (non-hydrogen) atoms. The predicted octanol–water partition coefficient (Wildman–Crippen LogP) is 3.90. The van der Waals surface area contributed by atoms with Crippen LogP contribution in [0.25, 0.3) is 10.9 Å². The zero-order valence-electron chi connectivity index (χ0n) is 12.8. The minimum atomic E-state index is 0.101. The Labute approximate surface area is 129 Å². The van der Waals surface area contributed by atoms with Gasteiger partial charge in [0.15, 0.2) is 0 Å². The van der Waals surface area contributed by atoms with Crippen molar-refractivity contribution in [1.29, 1.82) is 0 Å².